The van der Waals surface area contributed by atoms with Crippen molar-refractivity contribution >= 4 is 11.8 Å². The van der Waals surface area contributed by atoms with E-state index < -0.39 is 11.9 Å². The molecule has 3 rings (SSSR count). The number of ketones is 1. The van der Waals surface area contributed by atoms with Crippen LogP contribution in [0.15, 0.2) is 66.7 Å². The lowest BCUT2D eigenvalue weighted by atomic mass is 9.71. The van der Waals surface area contributed by atoms with E-state index in [1.54, 1.807) is 0 Å². The summed E-state index contributed by atoms with van der Waals surface area (Å²) in [6, 6.07) is 16.9. The molecule has 2 aromatic carbocycles. The van der Waals surface area contributed by atoms with Crippen molar-refractivity contribution in [2.45, 2.75) is 18.8 Å². The van der Waals surface area contributed by atoms with Crippen LogP contribution in [0.25, 0.3) is 0 Å². The van der Waals surface area contributed by atoms with Crippen molar-refractivity contribution in [2.24, 2.45) is 5.92 Å². The van der Waals surface area contributed by atoms with Gasteiger partial charge in [-0.15, -0.1) is 0 Å². The van der Waals surface area contributed by atoms with Crippen molar-refractivity contribution in [3.63, 3.8) is 0 Å². The second-order valence-electron chi connectivity index (χ2n) is 5.89. The van der Waals surface area contributed by atoms with Gasteiger partial charge in [0, 0.05) is 23.0 Å². The molecule has 0 bridgehead atoms. The van der Waals surface area contributed by atoms with Gasteiger partial charge in [0.25, 0.3) is 0 Å². The number of rotatable bonds is 4. The number of carbonyl (C=O) groups is 2. The topological polar surface area (TPSA) is 54.4 Å². The van der Waals surface area contributed by atoms with Crippen LogP contribution in [0.1, 0.15) is 33.8 Å². The molecule has 0 aliphatic heterocycles. The van der Waals surface area contributed by atoms with Gasteiger partial charge in [-0.25, -0.2) is 4.79 Å². The van der Waals surface area contributed by atoms with Crippen LogP contribution in [0.4, 0.5) is 0 Å². The Bertz CT molecular complexity index is 761. The van der Waals surface area contributed by atoms with E-state index in [0.717, 1.165) is 17.5 Å². The molecule has 1 aliphatic rings. The first-order valence-electron chi connectivity index (χ1n) is 7.68. The van der Waals surface area contributed by atoms with Gasteiger partial charge in [0.05, 0.1) is 0 Å². The second-order valence-corrected chi connectivity index (χ2v) is 5.89. The SMILES string of the molecule is C=C(C(=O)O)C(c1ccccc1)C1CCc2ccccc2C1=O. The summed E-state index contributed by atoms with van der Waals surface area (Å²) in [6.07, 6.45) is 1.42. The van der Waals surface area contributed by atoms with Crippen molar-refractivity contribution < 1.29 is 14.7 Å². The first-order valence-corrected chi connectivity index (χ1v) is 7.68. The summed E-state index contributed by atoms with van der Waals surface area (Å²) in [7, 11) is 0. The Balaban J connectivity index is 2.03. The van der Waals surface area contributed by atoms with E-state index in [9.17, 15) is 14.7 Å². The van der Waals surface area contributed by atoms with Crippen LogP contribution in [0.3, 0.4) is 0 Å². The van der Waals surface area contributed by atoms with E-state index in [4.69, 9.17) is 0 Å². The van der Waals surface area contributed by atoms with Gasteiger partial charge in [0.2, 0.25) is 0 Å². The molecule has 3 heteroatoms. The summed E-state index contributed by atoms with van der Waals surface area (Å²) in [5.74, 6) is -1.90. The number of carboxylic acid groups (broad SMARTS) is 1. The van der Waals surface area contributed by atoms with E-state index in [1.165, 1.54) is 0 Å². The third-order valence-corrected chi connectivity index (χ3v) is 4.56. The van der Waals surface area contributed by atoms with E-state index in [-0.39, 0.29) is 17.3 Å². The van der Waals surface area contributed by atoms with Gasteiger partial charge in [0.1, 0.15) is 0 Å². The molecule has 23 heavy (non-hydrogen) atoms. The lowest BCUT2D eigenvalue weighted by molar-refractivity contribution is -0.133. The van der Waals surface area contributed by atoms with Gasteiger partial charge in [-0.05, 0) is 24.0 Å². The molecule has 2 aromatic rings. The quantitative estimate of drug-likeness (QED) is 0.873. The lowest BCUT2D eigenvalue weighted by Crippen LogP contribution is -2.30. The van der Waals surface area contributed by atoms with Crippen molar-refractivity contribution in [1.29, 1.82) is 0 Å². The lowest BCUT2D eigenvalue weighted by Gasteiger charge is -2.30. The molecule has 0 radical (unpaired) electrons. The number of carboxylic acids is 1. The van der Waals surface area contributed by atoms with Crippen LogP contribution in [-0.4, -0.2) is 16.9 Å². The zero-order valence-corrected chi connectivity index (χ0v) is 12.7. The van der Waals surface area contributed by atoms with Crippen molar-refractivity contribution in [2.75, 3.05) is 0 Å². The minimum atomic E-state index is -1.05. The van der Waals surface area contributed by atoms with Gasteiger partial charge in [-0.2, -0.15) is 0 Å². The number of aliphatic carboxylic acids is 1. The summed E-state index contributed by atoms with van der Waals surface area (Å²) in [5.41, 5.74) is 2.66. The zero-order valence-electron chi connectivity index (χ0n) is 12.7. The van der Waals surface area contributed by atoms with Crippen LogP contribution in [-0.2, 0) is 11.2 Å². The van der Waals surface area contributed by atoms with E-state index in [0.29, 0.717) is 12.0 Å². The first kappa shape index (κ1) is 15.2. The van der Waals surface area contributed by atoms with Gasteiger partial charge in [0.15, 0.2) is 5.78 Å². The summed E-state index contributed by atoms with van der Waals surface area (Å²) in [5, 5.41) is 9.42. The maximum absolute atomic E-state index is 12.9. The number of Topliss-reactive ketones (excluding diaryl/α,β-unsaturated/α-hetero) is 1. The van der Waals surface area contributed by atoms with Crippen LogP contribution in [0, 0.1) is 5.92 Å². The van der Waals surface area contributed by atoms with Crippen molar-refractivity contribution in [1.82, 2.24) is 0 Å². The van der Waals surface area contributed by atoms with Crippen LogP contribution in [0.2, 0.25) is 0 Å². The Morgan fingerprint density at radius 1 is 1.09 bits per heavy atom. The molecule has 0 saturated heterocycles. The Morgan fingerprint density at radius 3 is 2.43 bits per heavy atom. The van der Waals surface area contributed by atoms with Gasteiger partial charge in [-0.1, -0.05) is 61.2 Å². The Hall–Kier alpha value is -2.68. The molecule has 0 amide bonds. The molecule has 0 saturated carbocycles. The van der Waals surface area contributed by atoms with Gasteiger partial charge < -0.3 is 5.11 Å². The molecule has 0 spiro atoms. The maximum atomic E-state index is 12.9. The molecule has 116 valence electrons. The highest BCUT2D eigenvalue weighted by Crippen LogP contribution is 2.39. The smallest absolute Gasteiger partial charge is 0.331 e. The highest BCUT2D eigenvalue weighted by atomic mass is 16.4. The van der Waals surface area contributed by atoms with Crippen LogP contribution in [0.5, 0.6) is 0 Å². The van der Waals surface area contributed by atoms with E-state index in [2.05, 4.69) is 6.58 Å². The molecule has 0 fully saturated rings. The normalized spacial score (nSPS) is 18.1. The number of benzene rings is 2. The number of hydrogen-bond acceptors (Lipinski definition) is 2. The number of hydrogen-bond donors (Lipinski definition) is 1. The fourth-order valence-electron chi connectivity index (χ4n) is 3.41. The third kappa shape index (κ3) is 2.82. The molecule has 3 nitrogen and oxygen atoms in total. The minimum absolute atomic E-state index is 0.0168. The van der Waals surface area contributed by atoms with Crippen LogP contribution < -0.4 is 0 Å². The Kier molecular flexibility index (Phi) is 4.11. The van der Waals surface area contributed by atoms with Crippen LogP contribution >= 0.6 is 0 Å². The highest BCUT2D eigenvalue weighted by molar-refractivity contribution is 6.02. The average Bonchev–Trinajstić information content (AvgIpc) is 2.58. The fraction of sp³-hybridized carbons (Fsp3) is 0.200. The first-order chi connectivity index (χ1) is 11.1. The zero-order chi connectivity index (χ0) is 16.4. The maximum Gasteiger partial charge on any atom is 0.331 e. The second kappa shape index (κ2) is 6.21. The van der Waals surface area contributed by atoms with Gasteiger partial charge in [-0.3, -0.25) is 4.79 Å². The summed E-state index contributed by atoms with van der Waals surface area (Å²) in [4.78, 5) is 24.4. The summed E-state index contributed by atoms with van der Waals surface area (Å²) < 4.78 is 0. The van der Waals surface area contributed by atoms with E-state index in [1.807, 2.05) is 54.6 Å². The Labute approximate surface area is 135 Å². The largest absolute Gasteiger partial charge is 0.478 e. The number of fused-ring (bicyclic) bond motifs is 1. The Morgan fingerprint density at radius 2 is 1.74 bits per heavy atom. The van der Waals surface area contributed by atoms with E-state index >= 15 is 0 Å². The highest BCUT2D eigenvalue weighted by Gasteiger charge is 2.37. The monoisotopic (exact) mass is 306 g/mol. The van der Waals surface area contributed by atoms with Crippen molar-refractivity contribution in [3.05, 3.63) is 83.4 Å². The fourth-order valence-corrected chi connectivity index (χ4v) is 3.41. The standard InChI is InChI=1S/C20H18O3/c1-13(20(22)23)18(15-8-3-2-4-9-15)17-12-11-14-7-5-6-10-16(14)19(17)21/h2-10,17-18H,1,11-12H2,(H,22,23). The number of aryl methyl sites for hydroxylation is 1. The molecule has 1 N–H and O–H groups in total. The summed E-state index contributed by atoms with van der Waals surface area (Å²) in [6.45, 7) is 3.74. The van der Waals surface area contributed by atoms with Gasteiger partial charge >= 0.3 is 5.97 Å². The molecule has 2 unspecified atom stereocenters. The molecule has 0 heterocycles. The molecule has 1 aliphatic carbocycles. The average molecular weight is 306 g/mol. The number of carbonyl (C=O) groups excluding carboxylic acids is 1. The molecule has 2 atom stereocenters. The molecular formula is C20H18O3. The molecular weight excluding hydrogens is 288 g/mol. The summed E-state index contributed by atoms with van der Waals surface area (Å²) >= 11 is 0. The third-order valence-electron chi connectivity index (χ3n) is 4.56. The predicted octanol–water partition coefficient (Wildman–Crippen LogP) is 3.86. The van der Waals surface area contributed by atoms with Crippen molar-refractivity contribution in [3.8, 4) is 0 Å². The minimum Gasteiger partial charge on any atom is -0.478 e. The molecule has 0 aromatic heterocycles. The predicted molar refractivity (Wildman–Crippen MR) is 88.5 cm³/mol.